The van der Waals surface area contributed by atoms with Crippen molar-refractivity contribution in [3.8, 4) is 0 Å². The van der Waals surface area contributed by atoms with Crippen LogP contribution in [0.4, 0.5) is 5.69 Å². The van der Waals surface area contributed by atoms with Gasteiger partial charge in [0.05, 0.1) is 25.2 Å². The molecule has 0 aliphatic carbocycles. The van der Waals surface area contributed by atoms with Crippen LogP contribution >= 0.6 is 0 Å². The van der Waals surface area contributed by atoms with Crippen LogP contribution in [0.15, 0.2) is 6.07 Å². The molecule has 108 valence electrons. The second-order valence-corrected chi connectivity index (χ2v) is 4.94. The number of aryl methyl sites for hydroxylation is 1. The Morgan fingerprint density at radius 2 is 1.95 bits per heavy atom. The summed E-state index contributed by atoms with van der Waals surface area (Å²) in [6.07, 6.45) is 0.699. The highest BCUT2D eigenvalue weighted by Crippen LogP contribution is 2.23. The van der Waals surface area contributed by atoms with E-state index in [0.29, 0.717) is 36.2 Å². The standard InChI is InChI=1S/C12H22N3O4/c1-3-10-8-12(14(18)19)11(13-10)9-15(2,4-6-16)5-7-17/h8,13,16-17H,3-7,9H2,1-2H3/q+1. The lowest BCUT2D eigenvalue weighted by Gasteiger charge is -2.32. The number of aliphatic hydroxyl groups excluding tert-OH is 2. The highest BCUT2D eigenvalue weighted by atomic mass is 16.6. The molecule has 0 atom stereocenters. The summed E-state index contributed by atoms with van der Waals surface area (Å²) in [6, 6.07) is 1.55. The Balaban J connectivity index is 3.01. The quantitative estimate of drug-likeness (QED) is 0.363. The molecule has 0 radical (unpaired) electrons. The van der Waals surface area contributed by atoms with Gasteiger partial charge in [0.25, 0.3) is 5.69 Å². The molecular formula is C12H22N3O4+. The summed E-state index contributed by atoms with van der Waals surface area (Å²) in [5.74, 6) is 0. The number of H-pyrrole nitrogens is 1. The average Bonchev–Trinajstić information content (AvgIpc) is 2.72. The van der Waals surface area contributed by atoms with Crippen molar-refractivity contribution in [3.63, 3.8) is 0 Å². The number of aliphatic hydroxyl groups is 2. The van der Waals surface area contributed by atoms with Gasteiger partial charge in [0.2, 0.25) is 0 Å². The van der Waals surface area contributed by atoms with Crippen LogP contribution in [0.5, 0.6) is 0 Å². The number of aromatic nitrogens is 1. The van der Waals surface area contributed by atoms with Gasteiger partial charge in [-0.25, -0.2) is 0 Å². The average molecular weight is 272 g/mol. The number of nitrogens with zero attached hydrogens (tertiary/aromatic N) is 2. The van der Waals surface area contributed by atoms with E-state index in [9.17, 15) is 10.1 Å². The summed E-state index contributed by atoms with van der Waals surface area (Å²) in [5.41, 5.74) is 1.45. The van der Waals surface area contributed by atoms with Gasteiger partial charge in [-0.3, -0.25) is 10.1 Å². The van der Waals surface area contributed by atoms with Crippen molar-refractivity contribution in [1.29, 1.82) is 0 Å². The van der Waals surface area contributed by atoms with Crippen LogP contribution in [-0.4, -0.2) is 58.0 Å². The molecule has 0 aliphatic rings. The molecule has 0 spiro atoms. The molecule has 0 bridgehead atoms. The van der Waals surface area contributed by atoms with Gasteiger partial charge in [-0.05, 0) is 6.42 Å². The largest absolute Gasteiger partial charge is 0.391 e. The van der Waals surface area contributed by atoms with Crippen molar-refractivity contribution < 1.29 is 19.6 Å². The summed E-state index contributed by atoms with van der Waals surface area (Å²) < 4.78 is 0.359. The number of hydrogen-bond donors (Lipinski definition) is 3. The molecule has 19 heavy (non-hydrogen) atoms. The van der Waals surface area contributed by atoms with Gasteiger partial charge in [-0.2, -0.15) is 0 Å². The number of rotatable bonds is 8. The fourth-order valence-corrected chi connectivity index (χ4v) is 2.15. The fraction of sp³-hybridized carbons (Fsp3) is 0.667. The van der Waals surface area contributed by atoms with Crippen LogP contribution in [0.2, 0.25) is 0 Å². The van der Waals surface area contributed by atoms with E-state index in [2.05, 4.69) is 4.98 Å². The topological polar surface area (TPSA) is 99.4 Å². The van der Waals surface area contributed by atoms with Crippen LogP contribution < -0.4 is 0 Å². The van der Waals surface area contributed by atoms with Gasteiger partial charge < -0.3 is 19.7 Å². The fourth-order valence-electron chi connectivity index (χ4n) is 2.15. The molecule has 0 aliphatic heterocycles. The van der Waals surface area contributed by atoms with E-state index in [0.717, 1.165) is 5.69 Å². The number of likely N-dealkylation sites (N-methyl/N-ethyl adjacent to an activating group) is 1. The Morgan fingerprint density at radius 3 is 2.37 bits per heavy atom. The Morgan fingerprint density at radius 1 is 1.37 bits per heavy atom. The van der Waals surface area contributed by atoms with Crippen molar-refractivity contribution in [2.24, 2.45) is 0 Å². The first-order chi connectivity index (χ1) is 8.95. The van der Waals surface area contributed by atoms with Crippen molar-refractivity contribution >= 4 is 5.69 Å². The summed E-state index contributed by atoms with van der Waals surface area (Å²) in [7, 11) is 1.86. The normalized spacial score (nSPS) is 11.8. The zero-order valence-corrected chi connectivity index (χ0v) is 11.4. The summed E-state index contributed by atoms with van der Waals surface area (Å²) >= 11 is 0. The van der Waals surface area contributed by atoms with E-state index in [1.165, 1.54) is 0 Å². The minimum absolute atomic E-state index is 0.0222. The lowest BCUT2D eigenvalue weighted by Crippen LogP contribution is -2.47. The van der Waals surface area contributed by atoms with Crippen LogP contribution in [0, 0.1) is 10.1 Å². The lowest BCUT2D eigenvalue weighted by atomic mass is 10.2. The Labute approximate surface area is 112 Å². The molecule has 1 rings (SSSR count). The van der Waals surface area contributed by atoms with E-state index < -0.39 is 4.92 Å². The molecule has 1 heterocycles. The van der Waals surface area contributed by atoms with Crippen LogP contribution in [-0.2, 0) is 13.0 Å². The number of hydrogen-bond acceptors (Lipinski definition) is 4. The predicted octanol–water partition coefficient (Wildman–Crippen LogP) is 0.417. The smallest absolute Gasteiger partial charge is 0.296 e. The molecule has 0 saturated heterocycles. The molecule has 0 aromatic carbocycles. The van der Waals surface area contributed by atoms with Crippen molar-refractivity contribution in [1.82, 2.24) is 4.98 Å². The lowest BCUT2D eigenvalue weighted by molar-refractivity contribution is -0.923. The Kier molecular flexibility index (Phi) is 5.46. The first kappa shape index (κ1) is 15.6. The maximum absolute atomic E-state index is 11.0. The van der Waals surface area contributed by atoms with Gasteiger partial charge in [0.1, 0.15) is 25.3 Å². The van der Waals surface area contributed by atoms with Gasteiger partial charge >= 0.3 is 0 Å². The first-order valence-electron chi connectivity index (χ1n) is 6.36. The first-order valence-corrected chi connectivity index (χ1v) is 6.36. The minimum Gasteiger partial charge on any atom is -0.391 e. The molecule has 0 amide bonds. The molecule has 1 aromatic heterocycles. The molecule has 1 aromatic rings. The number of aromatic amines is 1. The van der Waals surface area contributed by atoms with Crippen LogP contribution in [0.3, 0.4) is 0 Å². The number of nitro groups is 1. The monoisotopic (exact) mass is 272 g/mol. The van der Waals surface area contributed by atoms with Gasteiger partial charge in [0.15, 0.2) is 0 Å². The highest BCUT2D eigenvalue weighted by molar-refractivity contribution is 5.38. The SMILES string of the molecule is CCc1cc([N+](=O)[O-])c(C[N+](C)(CCO)CCO)[nH]1. The van der Waals surface area contributed by atoms with E-state index in [1.54, 1.807) is 6.07 Å². The third-order valence-corrected chi connectivity index (χ3v) is 3.33. The van der Waals surface area contributed by atoms with Gasteiger partial charge in [-0.1, -0.05) is 6.92 Å². The van der Waals surface area contributed by atoms with E-state index in [1.807, 2.05) is 14.0 Å². The maximum Gasteiger partial charge on any atom is 0.296 e. The van der Waals surface area contributed by atoms with Crippen LogP contribution in [0.1, 0.15) is 18.3 Å². The van der Waals surface area contributed by atoms with Gasteiger partial charge in [-0.15, -0.1) is 0 Å². The molecule has 0 fully saturated rings. The van der Waals surface area contributed by atoms with E-state index >= 15 is 0 Å². The summed E-state index contributed by atoms with van der Waals surface area (Å²) in [4.78, 5) is 13.7. The zero-order chi connectivity index (χ0) is 14.5. The van der Waals surface area contributed by atoms with Crippen LogP contribution in [0.25, 0.3) is 0 Å². The molecule has 0 saturated carbocycles. The number of quaternary nitrogens is 1. The summed E-state index contributed by atoms with van der Waals surface area (Å²) in [5, 5.41) is 29.2. The third kappa shape index (κ3) is 4.02. The summed E-state index contributed by atoms with van der Waals surface area (Å²) in [6.45, 7) is 3.15. The maximum atomic E-state index is 11.0. The Hall–Kier alpha value is -1.44. The minimum atomic E-state index is -0.396. The van der Waals surface area contributed by atoms with Crippen molar-refractivity contribution in [2.45, 2.75) is 19.9 Å². The highest BCUT2D eigenvalue weighted by Gasteiger charge is 2.27. The molecule has 3 N–H and O–H groups in total. The zero-order valence-electron chi connectivity index (χ0n) is 11.4. The molecule has 7 heteroatoms. The molecule has 7 nitrogen and oxygen atoms in total. The van der Waals surface area contributed by atoms with Gasteiger partial charge in [0, 0.05) is 11.8 Å². The Bertz CT molecular complexity index is 425. The van der Waals surface area contributed by atoms with Crippen molar-refractivity contribution in [2.75, 3.05) is 33.4 Å². The second kappa shape index (κ2) is 6.65. The van der Waals surface area contributed by atoms with E-state index in [-0.39, 0.29) is 18.9 Å². The second-order valence-electron chi connectivity index (χ2n) is 4.94. The van der Waals surface area contributed by atoms with Crippen molar-refractivity contribution in [3.05, 3.63) is 27.6 Å². The molecule has 0 unspecified atom stereocenters. The third-order valence-electron chi connectivity index (χ3n) is 3.33. The molecular weight excluding hydrogens is 250 g/mol. The predicted molar refractivity (Wildman–Crippen MR) is 70.6 cm³/mol. The number of nitrogens with one attached hydrogen (secondary N) is 1. The van der Waals surface area contributed by atoms with E-state index in [4.69, 9.17) is 10.2 Å².